The zero-order valence-electron chi connectivity index (χ0n) is 26.8. The highest BCUT2D eigenvalue weighted by Gasteiger charge is 2.29. The summed E-state index contributed by atoms with van der Waals surface area (Å²) in [7, 11) is 0.772. The first-order valence-electron chi connectivity index (χ1n) is 15.3. The lowest BCUT2D eigenvalue weighted by Gasteiger charge is -2.25. The van der Waals surface area contributed by atoms with Crippen molar-refractivity contribution in [3.8, 4) is 0 Å². The van der Waals surface area contributed by atoms with Crippen molar-refractivity contribution < 1.29 is 41.0 Å². The molecule has 1 aliphatic heterocycles. The first-order chi connectivity index (χ1) is 23.0. The number of amides is 1. The number of anilines is 2. The van der Waals surface area contributed by atoms with Gasteiger partial charge in [-0.25, -0.2) is 22.0 Å². The zero-order valence-corrected chi connectivity index (χ0v) is 27.6. The second-order valence-corrected chi connectivity index (χ2v) is 13.5. The summed E-state index contributed by atoms with van der Waals surface area (Å²) >= 11 is 0. The standard InChI is InChI=1S/C33H37F2N5O7S/c1-39(2)12-9-21-7-8-26(27(17-21)36-24-10-13-46-14-11-24)32(41)37-31-30-28(40(38-31)33(42)47-16-15-45-3)5-4-6-29(30)48(43,44)25-19-22(34)18-23(35)20-25/h4-8,17-20,24,36H,9-16H2,1-3H3,(H,37,38,41). The smallest absolute Gasteiger partial charge is 0.435 e. The van der Waals surface area contributed by atoms with E-state index in [1.54, 1.807) is 6.07 Å². The number of benzene rings is 3. The van der Waals surface area contributed by atoms with Gasteiger partial charge in [0.2, 0.25) is 9.84 Å². The SMILES string of the molecule is COCCOC(=O)n1nc(NC(=O)c2ccc(CCN(C)C)cc2NC2CCOCC2)c2c(S(=O)(=O)c3cc(F)cc(F)c3)cccc21. The van der Waals surface area contributed by atoms with Crippen molar-refractivity contribution in [3.63, 3.8) is 0 Å². The first-order valence-corrected chi connectivity index (χ1v) is 16.8. The van der Waals surface area contributed by atoms with Gasteiger partial charge >= 0.3 is 6.09 Å². The molecule has 0 aliphatic carbocycles. The van der Waals surface area contributed by atoms with E-state index in [1.165, 1.54) is 25.3 Å². The maximum atomic E-state index is 14.1. The van der Waals surface area contributed by atoms with Crippen LogP contribution in [0.25, 0.3) is 10.9 Å². The van der Waals surface area contributed by atoms with E-state index in [0.29, 0.717) is 37.1 Å². The molecule has 1 aromatic heterocycles. The molecular formula is C33H37F2N5O7S. The van der Waals surface area contributed by atoms with Gasteiger partial charge in [-0.3, -0.25) is 4.79 Å². The van der Waals surface area contributed by atoms with Crippen LogP contribution in [-0.4, -0.2) is 95.3 Å². The minimum Gasteiger partial charge on any atom is -0.445 e. The predicted octanol–water partition coefficient (Wildman–Crippen LogP) is 4.73. The Hall–Kier alpha value is -4.44. The average Bonchev–Trinajstić information content (AvgIpc) is 3.42. The predicted molar refractivity (Wildman–Crippen MR) is 174 cm³/mol. The second kappa shape index (κ2) is 15.2. The third-order valence-corrected chi connectivity index (χ3v) is 9.56. The van der Waals surface area contributed by atoms with E-state index in [0.717, 1.165) is 36.1 Å². The van der Waals surface area contributed by atoms with Crippen LogP contribution in [0.1, 0.15) is 28.8 Å². The van der Waals surface area contributed by atoms with E-state index in [1.807, 2.05) is 26.2 Å². The Morgan fingerprint density at radius 1 is 1.04 bits per heavy atom. The molecule has 0 bridgehead atoms. The van der Waals surface area contributed by atoms with Crippen LogP contribution < -0.4 is 10.6 Å². The molecule has 5 rings (SSSR count). The Morgan fingerprint density at radius 2 is 1.77 bits per heavy atom. The fourth-order valence-electron chi connectivity index (χ4n) is 5.33. The number of sulfone groups is 1. The molecule has 1 aliphatic rings. The van der Waals surface area contributed by atoms with Gasteiger partial charge in [-0.1, -0.05) is 12.1 Å². The summed E-state index contributed by atoms with van der Waals surface area (Å²) < 4.78 is 72.4. The van der Waals surface area contributed by atoms with Gasteiger partial charge in [0.1, 0.15) is 18.2 Å². The van der Waals surface area contributed by atoms with Crippen molar-refractivity contribution in [2.45, 2.75) is 35.1 Å². The molecule has 3 aromatic carbocycles. The molecule has 12 nitrogen and oxygen atoms in total. The van der Waals surface area contributed by atoms with E-state index >= 15 is 0 Å². The number of carbonyl (C=O) groups is 2. The largest absolute Gasteiger partial charge is 0.445 e. The lowest BCUT2D eigenvalue weighted by molar-refractivity contribution is 0.0904. The van der Waals surface area contributed by atoms with E-state index < -0.39 is 43.3 Å². The number of methoxy groups -OCH3 is 1. The van der Waals surface area contributed by atoms with E-state index in [9.17, 15) is 26.8 Å². The second-order valence-electron chi connectivity index (χ2n) is 11.5. The van der Waals surface area contributed by atoms with Gasteiger partial charge in [-0.2, -0.15) is 4.68 Å². The molecule has 0 radical (unpaired) electrons. The quantitative estimate of drug-likeness (QED) is 0.201. The molecule has 2 N–H and O–H groups in total. The number of hydrogen-bond donors (Lipinski definition) is 2. The normalized spacial score (nSPS) is 14.0. The van der Waals surface area contributed by atoms with Gasteiger partial charge < -0.3 is 29.7 Å². The minimum absolute atomic E-state index is 0.0229. The van der Waals surface area contributed by atoms with E-state index in [4.69, 9.17) is 14.2 Å². The van der Waals surface area contributed by atoms with Crippen LogP contribution in [0.2, 0.25) is 0 Å². The molecule has 15 heteroatoms. The number of halogens is 2. The molecule has 2 heterocycles. The number of nitrogens with one attached hydrogen (secondary N) is 2. The Bertz CT molecular complexity index is 1890. The van der Waals surface area contributed by atoms with Crippen LogP contribution in [-0.2, 0) is 30.5 Å². The van der Waals surface area contributed by atoms with Gasteiger partial charge in [-0.15, -0.1) is 5.10 Å². The number of carbonyl (C=O) groups excluding carboxylic acids is 2. The lowest BCUT2D eigenvalue weighted by Crippen LogP contribution is -2.29. The maximum Gasteiger partial charge on any atom is 0.435 e. The average molecular weight is 686 g/mol. The van der Waals surface area contributed by atoms with Crippen LogP contribution >= 0.6 is 0 Å². The van der Waals surface area contributed by atoms with Gasteiger partial charge in [0, 0.05) is 44.7 Å². The van der Waals surface area contributed by atoms with Crippen molar-refractivity contribution in [1.82, 2.24) is 14.7 Å². The summed E-state index contributed by atoms with van der Waals surface area (Å²) in [6.45, 7) is 1.91. The number of likely N-dealkylation sites (N-methyl/N-ethyl adjacent to an activating group) is 1. The highest BCUT2D eigenvalue weighted by Crippen LogP contribution is 2.35. The van der Waals surface area contributed by atoms with Crippen LogP contribution in [0.15, 0.2) is 64.4 Å². The molecule has 0 saturated carbocycles. The summed E-state index contributed by atoms with van der Waals surface area (Å²) in [5, 5.41) is 10.3. The highest BCUT2D eigenvalue weighted by molar-refractivity contribution is 7.91. The molecule has 48 heavy (non-hydrogen) atoms. The molecule has 0 unspecified atom stereocenters. The number of fused-ring (bicyclic) bond motifs is 1. The van der Waals surface area contributed by atoms with Crippen LogP contribution in [0.3, 0.4) is 0 Å². The number of hydrogen-bond acceptors (Lipinski definition) is 10. The van der Waals surface area contributed by atoms with Crippen molar-refractivity contribution >= 4 is 44.2 Å². The summed E-state index contributed by atoms with van der Waals surface area (Å²) in [6.07, 6.45) is 1.26. The molecule has 1 fully saturated rings. The Labute approximate surface area is 276 Å². The van der Waals surface area contributed by atoms with Crippen molar-refractivity contribution in [1.29, 1.82) is 0 Å². The molecule has 4 aromatic rings. The topological polar surface area (TPSA) is 141 Å². The van der Waals surface area contributed by atoms with Crippen molar-refractivity contribution in [3.05, 3.63) is 77.4 Å². The third-order valence-electron chi connectivity index (χ3n) is 7.78. The number of aromatic nitrogens is 2. The molecule has 1 amide bonds. The Morgan fingerprint density at radius 3 is 2.46 bits per heavy atom. The van der Waals surface area contributed by atoms with Crippen LogP contribution in [0.5, 0.6) is 0 Å². The van der Waals surface area contributed by atoms with Crippen molar-refractivity contribution in [2.24, 2.45) is 0 Å². The highest BCUT2D eigenvalue weighted by atomic mass is 32.2. The maximum absolute atomic E-state index is 14.1. The van der Waals surface area contributed by atoms with E-state index in [-0.39, 0.29) is 41.5 Å². The third kappa shape index (κ3) is 7.98. The fourth-order valence-corrected chi connectivity index (χ4v) is 6.84. The number of rotatable bonds is 12. The van der Waals surface area contributed by atoms with Gasteiger partial charge in [0.05, 0.1) is 32.9 Å². The Kier molecular flexibility index (Phi) is 11.0. The first kappa shape index (κ1) is 34.9. The lowest BCUT2D eigenvalue weighted by atomic mass is 10.0. The summed E-state index contributed by atoms with van der Waals surface area (Å²) in [5.74, 6) is -3.09. The summed E-state index contributed by atoms with van der Waals surface area (Å²) in [5.41, 5.74) is 1.80. The van der Waals surface area contributed by atoms with Gasteiger partial charge in [0.15, 0.2) is 5.82 Å². The van der Waals surface area contributed by atoms with Crippen LogP contribution in [0, 0.1) is 11.6 Å². The summed E-state index contributed by atoms with van der Waals surface area (Å²) in [6, 6.07) is 11.4. The monoisotopic (exact) mass is 685 g/mol. The number of nitrogens with zero attached hydrogens (tertiary/aromatic N) is 3. The molecule has 0 spiro atoms. The van der Waals surface area contributed by atoms with Gasteiger partial charge in [-0.05, 0) is 75.3 Å². The number of ether oxygens (including phenoxy) is 3. The van der Waals surface area contributed by atoms with Gasteiger partial charge in [0.25, 0.3) is 5.91 Å². The van der Waals surface area contributed by atoms with Crippen LogP contribution in [0.4, 0.5) is 25.1 Å². The molecule has 256 valence electrons. The summed E-state index contributed by atoms with van der Waals surface area (Å²) in [4.78, 5) is 28.0. The zero-order chi connectivity index (χ0) is 34.4. The molecular weight excluding hydrogens is 648 g/mol. The van der Waals surface area contributed by atoms with Crippen molar-refractivity contribution in [2.75, 3.05) is 64.8 Å². The fraction of sp³-hybridized carbons (Fsp3) is 0.364. The Balaban J connectivity index is 1.59. The van der Waals surface area contributed by atoms with E-state index in [2.05, 4.69) is 20.6 Å². The molecule has 1 saturated heterocycles. The minimum atomic E-state index is -4.60. The molecule has 0 atom stereocenters.